The highest BCUT2D eigenvalue weighted by molar-refractivity contribution is 4.95. The van der Waals surface area contributed by atoms with Crippen LogP contribution in [0.15, 0.2) is 12.2 Å². The molecule has 0 saturated carbocycles. The second kappa shape index (κ2) is 6.35. The van der Waals surface area contributed by atoms with Gasteiger partial charge in [0.1, 0.15) is 11.6 Å². The van der Waals surface area contributed by atoms with Crippen LogP contribution in [0.2, 0.25) is 0 Å². The lowest BCUT2D eigenvalue weighted by Crippen LogP contribution is -2.06. The summed E-state index contributed by atoms with van der Waals surface area (Å²) in [6, 6.07) is 0.302. The van der Waals surface area contributed by atoms with Crippen molar-refractivity contribution in [3.63, 3.8) is 0 Å². The summed E-state index contributed by atoms with van der Waals surface area (Å²) in [5.41, 5.74) is 0. The summed E-state index contributed by atoms with van der Waals surface area (Å²) in [5, 5.41) is 4.28. The molecule has 1 heterocycles. The van der Waals surface area contributed by atoms with Crippen molar-refractivity contribution in [1.82, 2.24) is 14.8 Å². The van der Waals surface area contributed by atoms with Crippen molar-refractivity contribution in [2.24, 2.45) is 0 Å². The van der Waals surface area contributed by atoms with Crippen molar-refractivity contribution in [2.45, 2.75) is 47.6 Å². The first-order valence-electron chi connectivity index (χ1n) is 5.17. The Balaban J connectivity index is 0.000000791. The fourth-order valence-corrected chi connectivity index (χ4v) is 1.28. The average Bonchev–Trinajstić information content (AvgIpc) is 2.49. The molecule has 0 aliphatic heterocycles. The minimum Gasteiger partial charge on any atom is -0.244 e. The zero-order chi connectivity index (χ0) is 11.1. The van der Waals surface area contributed by atoms with Crippen molar-refractivity contribution in [2.75, 3.05) is 0 Å². The smallest absolute Gasteiger partial charge is 0.147 e. The van der Waals surface area contributed by atoms with E-state index in [2.05, 4.69) is 23.1 Å². The quantitative estimate of drug-likeness (QED) is 0.679. The van der Waals surface area contributed by atoms with Gasteiger partial charge in [-0.1, -0.05) is 26.0 Å². The summed E-state index contributed by atoms with van der Waals surface area (Å²) in [4.78, 5) is 4.23. The Morgan fingerprint density at radius 1 is 1.29 bits per heavy atom. The van der Waals surface area contributed by atoms with Crippen LogP contribution in [0, 0.1) is 13.8 Å². The number of nitrogens with zero attached hydrogens (tertiary/aromatic N) is 3. The van der Waals surface area contributed by atoms with E-state index < -0.39 is 0 Å². The van der Waals surface area contributed by atoms with Crippen LogP contribution < -0.4 is 0 Å². The molecule has 0 aromatic carbocycles. The number of aromatic nitrogens is 3. The molecule has 0 aliphatic rings. The van der Waals surface area contributed by atoms with Crippen LogP contribution in [-0.2, 0) is 0 Å². The predicted molar refractivity (Wildman–Crippen MR) is 60.4 cm³/mol. The lowest BCUT2D eigenvalue weighted by atomic mass is 10.3. The van der Waals surface area contributed by atoms with Gasteiger partial charge in [0, 0.05) is 0 Å². The maximum absolute atomic E-state index is 4.28. The molecule has 14 heavy (non-hydrogen) atoms. The van der Waals surface area contributed by atoms with Crippen LogP contribution in [0.25, 0.3) is 0 Å². The van der Waals surface area contributed by atoms with Gasteiger partial charge in [0.05, 0.1) is 6.04 Å². The monoisotopic (exact) mass is 195 g/mol. The van der Waals surface area contributed by atoms with Gasteiger partial charge in [0.25, 0.3) is 0 Å². The molecule has 0 N–H and O–H groups in total. The fraction of sp³-hybridized carbons (Fsp3) is 0.636. The largest absolute Gasteiger partial charge is 0.244 e. The standard InChI is InChI=1S/C9H15N3.C2H6/c1-5-6-7(2)12-9(4)10-8(3)11-12;1-2/h5-7H,1-4H3;1-2H3/b6-5-;. The summed E-state index contributed by atoms with van der Waals surface area (Å²) < 4.78 is 1.93. The van der Waals surface area contributed by atoms with E-state index in [4.69, 9.17) is 0 Å². The van der Waals surface area contributed by atoms with E-state index in [0.717, 1.165) is 11.6 Å². The van der Waals surface area contributed by atoms with Gasteiger partial charge in [0.2, 0.25) is 0 Å². The van der Waals surface area contributed by atoms with Crippen molar-refractivity contribution in [3.05, 3.63) is 23.8 Å². The van der Waals surface area contributed by atoms with Crippen molar-refractivity contribution in [3.8, 4) is 0 Å². The first-order valence-corrected chi connectivity index (χ1v) is 5.17. The van der Waals surface area contributed by atoms with E-state index in [1.54, 1.807) is 0 Å². The molecule has 1 rings (SSSR count). The summed E-state index contributed by atoms with van der Waals surface area (Å²) >= 11 is 0. The molecular weight excluding hydrogens is 174 g/mol. The molecule has 0 spiro atoms. The molecule has 0 bridgehead atoms. The van der Waals surface area contributed by atoms with Crippen LogP contribution >= 0.6 is 0 Å². The number of hydrogen-bond acceptors (Lipinski definition) is 2. The van der Waals surface area contributed by atoms with Gasteiger partial charge in [-0.15, -0.1) is 0 Å². The Kier molecular flexibility index (Phi) is 5.84. The Labute approximate surface area is 86.9 Å². The van der Waals surface area contributed by atoms with Crippen LogP contribution in [-0.4, -0.2) is 14.8 Å². The molecule has 0 radical (unpaired) electrons. The second-order valence-electron chi connectivity index (χ2n) is 2.92. The maximum atomic E-state index is 4.28. The van der Waals surface area contributed by atoms with Crippen molar-refractivity contribution >= 4 is 0 Å². The van der Waals surface area contributed by atoms with Crippen LogP contribution in [0.1, 0.15) is 45.4 Å². The number of hydrogen-bond donors (Lipinski definition) is 0. The second-order valence-corrected chi connectivity index (χ2v) is 2.92. The summed E-state index contributed by atoms with van der Waals surface area (Å²) in [7, 11) is 0. The minimum absolute atomic E-state index is 0.302. The van der Waals surface area contributed by atoms with Gasteiger partial charge in [-0.05, 0) is 27.7 Å². The van der Waals surface area contributed by atoms with Crippen LogP contribution in [0.5, 0.6) is 0 Å². The SMILES string of the molecule is C/C=C\C(C)n1nc(C)nc1C.CC. The van der Waals surface area contributed by atoms with Gasteiger partial charge in [-0.25, -0.2) is 9.67 Å². The Hall–Kier alpha value is -1.12. The molecule has 0 aliphatic carbocycles. The van der Waals surface area contributed by atoms with E-state index in [9.17, 15) is 0 Å². The lowest BCUT2D eigenvalue weighted by molar-refractivity contribution is 0.558. The average molecular weight is 195 g/mol. The van der Waals surface area contributed by atoms with Crippen LogP contribution in [0.3, 0.4) is 0 Å². The highest BCUT2D eigenvalue weighted by atomic mass is 15.4. The molecule has 1 unspecified atom stereocenters. The van der Waals surface area contributed by atoms with E-state index >= 15 is 0 Å². The Bertz CT molecular complexity index is 287. The van der Waals surface area contributed by atoms with E-state index in [0.29, 0.717) is 6.04 Å². The van der Waals surface area contributed by atoms with Crippen molar-refractivity contribution in [1.29, 1.82) is 0 Å². The highest BCUT2D eigenvalue weighted by Crippen LogP contribution is 2.08. The Morgan fingerprint density at radius 3 is 2.21 bits per heavy atom. The third-order valence-electron chi connectivity index (χ3n) is 1.76. The molecule has 3 heteroatoms. The summed E-state index contributed by atoms with van der Waals surface area (Å²) in [5.74, 6) is 1.81. The number of allylic oxidation sites excluding steroid dienone is 2. The zero-order valence-corrected chi connectivity index (χ0v) is 10.1. The normalized spacial score (nSPS) is 12.4. The molecule has 1 atom stereocenters. The first kappa shape index (κ1) is 12.9. The Morgan fingerprint density at radius 2 is 1.86 bits per heavy atom. The minimum atomic E-state index is 0.302. The van der Waals surface area contributed by atoms with E-state index in [-0.39, 0.29) is 0 Å². The van der Waals surface area contributed by atoms with Gasteiger partial charge in [-0.3, -0.25) is 0 Å². The van der Waals surface area contributed by atoms with Gasteiger partial charge in [0.15, 0.2) is 0 Å². The molecule has 80 valence electrons. The first-order chi connectivity index (χ1) is 6.65. The third kappa shape index (κ3) is 3.32. The third-order valence-corrected chi connectivity index (χ3v) is 1.76. The zero-order valence-electron chi connectivity index (χ0n) is 10.1. The fourth-order valence-electron chi connectivity index (χ4n) is 1.28. The van der Waals surface area contributed by atoms with Crippen LogP contribution in [0.4, 0.5) is 0 Å². The van der Waals surface area contributed by atoms with E-state index in [1.807, 2.05) is 45.4 Å². The number of aryl methyl sites for hydroxylation is 2. The van der Waals surface area contributed by atoms with Gasteiger partial charge in [-0.2, -0.15) is 5.10 Å². The molecule has 0 amide bonds. The maximum Gasteiger partial charge on any atom is 0.147 e. The van der Waals surface area contributed by atoms with E-state index in [1.165, 1.54) is 0 Å². The molecule has 1 aromatic heterocycles. The molecule has 0 fully saturated rings. The highest BCUT2D eigenvalue weighted by Gasteiger charge is 2.06. The molecule has 0 saturated heterocycles. The van der Waals surface area contributed by atoms with Crippen molar-refractivity contribution < 1.29 is 0 Å². The summed E-state index contributed by atoms with van der Waals surface area (Å²) in [6.07, 6.45) is 4.13. The lowest BCUT2D eigenvalue weighted by Gasteiger charge is -2.07. The van der Waals surface area contributed by atoms with Gasteiger partial charge < -0.3 is 0 Å². The molecule has 1 aromatic rings. The van der Waals surface area contributed by atoms with Gasteiger partial charge >= 0.3 is 0 Å². The topological polar surface area (TPSA) is 30.7 Å². The predicted octanol–water partition coefficient (Wildman–Crippen LogP) is 3.06. The molecular formula is C11H21N3. The summed E-state index contributed by atoms with van der Waals surface area (Å²) in [6.45, 7) is 12.0. The number of rotatable bonds is 2. The molecule has 3 nitrogen and oxygen atoms in total.